The molecular formula is C25H32ClF3N4O2S. The topological polar surface area (TPSA) is 56.8 Å². The Morgan fingerprint density at radius 1 is 1.00 bits per heavy atom. The normalized spacial score (nSPS) is 21.2. The Hall–Kier alpha value is -1.88. The Morgan fingerprint density at radius 3 is 2.14 bits per heavy atom. The molecule has 36 heavy (non-hydrogen) atoms. The molecule has 0 spiro atoms. The summed E-state index contributed by atoms with van der Waals surface area (Å²) in [5, 5.41) is -0.00895. The van der Waals surface area contributed by atoms with Crippen molar-refractivity contribution < 1.29 is 21.6 Å². The molecule has 2 saturated heterocycles. The van der Waals surface area contributed by atoms with Crippen LogP contribution in [-0.4, -0.2) is 67.4 Å². The minimum Gasteiger partial charge on any atom is -0.350 e. The zero-order valence-electron chi connectivity index (χ0n) is 20.9. The first-order chi connectivity index (χ1) is 16.8. The van der Waals surface area contributed by atoms with Crippen LogP contribution in [0.5, 0.6) is 0 Å². The number of nitrogens with zero attached hydrogens (tertiary/aromatic N) is 4. The Balaban J connectivity index is 1.39. The summed E-state index contributed by atoms with van der Waals surface area (Å²) in [6, 6.07) is 4.99. The van der Waals surface area contributed by atoms with Gasteiger partial charge in [-0.2, -0.15) is 17.5 Å². The molecule has 6 nitrogen and oxygen atoms in total. The van der Waals surface area contributed by atoms with Crippen molar-refractivity contribution in [2.45, 2.75) is 63.7 Å². The van der Waals surface area contributed by atoms with Gasteiger partial charge < -0.3 is 4.90 Å². The molecule has 0 aliphatic carbocycles. The quantitative estimate of drug-likeness (QED) is 0.539. The minimum atomic E-state index is -4.49. The van der Waals surface area contributed by atoms with Gasteiger partial charge in [0.15, 0.2) is 0 Å². The van der Waals surface area contributed by atoms with Gasteiger partial charge in [0.25, 0.3) is 0 Å². The molecule has 0 bridgehead atoms. The Labute approximate surface area is 216 Å². The maximum atomic E-state index is 13.4. The Morgan fingerprint density at radius 2 is 1.61 bits per heavy atom. The van der Waals surface area contributed by atoms with Crippen molar-refractivity contribution in [3.63, 3.8) is 0 Å². The van der Waals surface area contributed by atoms with Crippen molar-refractivity contribution in [2.24, 2.45) is 0 Å². The molecule has 0 N–H and O–H groups in total. The highest BCUT2D eigenvalue weighted by Crippen LogP contribution is 2.35. The summed E-state index contributed by atoms with van der Waals surface area (Å²) in [5.41, 5.74) is 1.73. The molecule has 2 fully saturated rings. The van der Waals surface area contributed by atoms with Crippen molar-refractivity contribution in [1.29, 1.82) is 0 Å². The molecule has 2 aromatic rings. The van der Waals surface area contributed by atoms with Gasteiger partial charge in [0, 0.05) is 51.0 Å². The molecule has 4 rings (SSSR count). The van der Waals surface area contributed by atoms with Gasteiger partial charge in [-0.3, -0.25) is 4.90 Å². The first-order valence-electron chi connectivity index (χ1n) is 12.1. The number of piperidine rings is 1. The van der Waals surface area contributed by atoms with Gasteiger partial charge in [-0.1, -0.05) is 29.3 Å². The lowest BCUT2D eigenvalue weighted by Gasteiger charge is -2.46. The zero-order chi connectivity index (χ0) is 26.4. The lowest BCUT2D eigenvalue weighted by Crippen LogP contribution is -2.57. The number of anilines is 1. The largest absolute Gasteiger partial charge is 0.417 e. The highest BCUT2D eigenvalue weighted by atomic mass is 35.5. The number of aryl methyl sites for hydroxylation is 3. The van der Waals surface area contributed by atoms with Crippen LogP contribution < -0.4 is 4.90 Å². The van der Waals surface area contributed by atoms with Crippen LogP contribution in [0.25, 0.3) is 0 Å². The van der Waals surface area contributed by atoms with E-state index in [1.807, 2.05) is 44.7 Å². The van der Waals surface area contributed by atoms with Crippen LogP contribution in [0.3, 0.4) is 0 Å². The van der Waals surface area contributed by atoms with E-state index in [1.54, 1.807) is 4.31 Å². The van der Waals surface area contributed by atoms with Crippen LogP contribution in [0, 0.1) is 20.8 Å². The van der Waals surface area contributed by atoms with E-state index < -0.39 is 21.8 Å². The number of benzene rings is 1. The first kappa shape index (κ1) is 27.2. The van der Waals surface area contributed by atoms with Crippen molar-refractivity contribution in [3.8, 4) is 0 Å². The Kier molecular flexibility index (Phi) is 7.63. The predicted molar refractivity (Wildman–Crippen MR) is 135 cm³/mol. The highest BCUT2D eigenvalue weighted by molar-refractivity contribution is 7.89. The molecule has 3 heterocycles. The number of alkyl halides is 3. The third kappa shape index (κ3) is 5.37. The van der Waals surface area contributed by atoms with E-state index in [0.29, 0.717) is 43.4 Å². The summed E-state index contributed by atoms with van der Waals surface area (Å²) in [6.45, 7) is 10.6. The van der Waals surface area contributed by atoms with Crippen LogP contribution in [-0.2, 0) is 16.2 Å². The Bertz CT molecular complexity index is 1210. The number of halogens is 4. The lowest BCUT2D eigenvalue weighted by molar-refractivity contribution is -0.137. The molecule has 1 atom stereocenters. The summed E-state index contributed by atoms with van der Waals surface area (Å²) in [4.78, 5) is 8.73. The van der Waals surface area contributed by atoms with E-state index in [9.17, 15) is 21.6 Å². The second-order valence-corrected chi connectivity index (χ2v) is 12.2. The molecule has 198 valence electrons. The monoisotopic (exact) mass is 544 g/mol. The van der Waals surface area contributed by atoms with Gasteiger partial charge in [0.1, 0.15) is 5.82 Å². The minimum absolute atomic E-state index is 0.0000987. The third-order valence-corrected chi connectivity index (χ3v) is 9.71. The molecule has 11 heteroatoms. The van der Waals surface area contributed by atoms with E-state index >= 15 is 0 Å². The van der Waals surface area contributed by atoms with Gasteiger partial charge in [0.05, 0.1) is 15.5 Å². The van der Waals surface area contributed by atoms with Crippen molar-refractivity contribution in [3.05, 3.63) is 51.7 Å². The maximum absolute atomic E-state index is 13.4. The fourth-order valence-corrected chi connectivity index (χ4v) is 7.74. The molecule has 0 radical (unpaired) electrons. The molecule has 1 aromatic heterocycles. The van der Waals surface area contributed by atoms with Gasteiger partial charge in [0.2, 0.25) is 10.0 Å². The van der Waals surface area contributed by atoms with Gasteiger partial charge in [-0.15, -0.1) is 0 Å². The number of rotatable bonds is 4. The zero-order valence-corrected chi connectivity index (χ0v) is 22.5. The first-order valence-corrected chi connectivity index (χ1v) is 13.9. The molecular weight excluding hydrogens is 513 g/mol. The number of piperazine rings is 1. The number of sulfonamides is 1. The van der Waals surface area contributed by atoms with Crippen molar-refractivity contribution >= 4 is 27.4 Å². The van der Waals surface area contributed by atoms with Crippen molar-refractivity contribution in [1.82, 2.24) is 14.2 Å². The number of hydrogen-bond donors (Lipinski definition) is 0. The fourth-order valence-electron chi connectivity index (χ4n) is 5.58. The van der Waals surface area contributed by atoms with E-state index in [1.165, 1.54) is 0 Å². The molecule has 0 saturated carbocycles. The van der Waals surface area contributed by atoms with Gasteiger partial charge >= 0.3 is 6.18 Å². The summed E-state index contributed by atoms with van der Waals surface area (Å²) in [6.07, 6.45) is -2.20. The second kappa shape index (κ2) is 10.1. The molecule has 1 aromatic carbocycles. The number of hydrogen-bond acceptors (Lipinski definition) is 5. The van der Waals surface area contributed by atoms with E-state index in [4.69, 9.17) is 11.6 Å². The lowest BCUT2D eigenvalue weighted by atomic mass is 10.0. The smallest absolute Gasteiger partial charge is 0.350 e. The van der Waals surface area contributed by atoms with Crippen LogP contribution in [0.1, 0.15) is 42.0 Å². The van der Waals surface area contributed by atoms with Gasteiger partial charge in [-0.25, -0.2) is 13.4 Å². The molecule has 1 unspecified atom stereocenters. The van der Waals surface area contributed by atoms with Gasteiger partial charge in [-0.05, 0) is 57.7 Å². The molecule has 2 aliphatic heterocycles. The van der Waals surface area contributed by atoms with Crippen LogP contribution in [0.2, 0.25) is 5.02 Å². The van der Waals surface area contributed by atoms with Crippen LogP contribution in [0.15, 0.2) is 29.3 Å². The standard InChI is InChI=1S/C25H32ClF3N4O2S/c1-16-11-17(2)23(18(3)12-16)36(34,35)32-7-5-21(6-8-32)31-9-10-33(19(4)15-31)24-22(26)13-20(14-30-24)25(27,28)29/h11-14,19,21H,5-10,15H2,1-4H3. The third-order valence-electron chi connectivity index (χ3n) is 7.22. The van der Waals surface area contributed by atoms with E-state index in [0.717, 1.165) is 41.8 Å². The maximum Gasteiger partial charge on any atom is 0.417 e. The number of aromatic nitrogens is 1. The van der Waals surface area contributed by atoms with E-state index in [-0.39, 0.29) is 17.1 Å². The molecule has 0 amide bonds. The second-order valence-electron chi connectivity index (χ2n) is 9.93. The SMILES string of the molecule is Cc1cc(C)c(S(=O)(=O)N2CCC(N3CCN(c4ncc(C(F)(F)F)cc4Cl)C(C)C3)CC2)c(C)c1. The fraction of sp³-hybridized carbons (Fsp3) is 0.560. The summed E-state index contributed by atoms with van der Waals surface area (Å²) in [5.74, 6) is 0.363. The predicted octanol–water partition coefficient (Wildman–Crippen LogP) is 5.04. The highest BCUT2D eigenvalue weighted by Gasteiger charge is 2.37. The van der Waals surface area contributed by atoms with Crippen LogP contribution >= 0.6 is 11.6 Å². The summed E-state index contributed by atoms with van der Waals surface area (Å²) < 4.78 is 67.3. The summed E-state index contributed by atoms with van der Waals surface area (Å²) >= 11 is 6.18. The summed E-state index contributed by atoms with van der Waals surface area (Å²) in [7, 11) is -3.57. The average Bonchev–Trinajstić information content (AvgIpc) is 2.78. The average molecular weight is 545 g/mol. The molecule has 2 aliphatic rings. The number of pyridine rings is 1. The van der Waals surface area contributed by atoms with Crippen molar-refractivity contribution in [2.75, 3.05) is 37.6 Å². The van der Waals surface area contributed by atoms with Crippen LogP contribution in [0.4, 0.5) is 19.0 Å². The van der Waals surface area contributed by atoms with E-state index in [2.05, 4.69) is 9.88 Å².